The first-order valence-electron chi connectivity index (χ1n) is 6.16. The summed E-state index contributed by atoms with van der Waals surface area (Å²) in [5.41, 5.74) is 5.65. The van der Waals surface area contributed by atoms with Gasteiger partial charge in [-0.25, -0.2) is 9.97 Å². The SMILES string of the molecule is Nc1ncc(CN2CCOC(Cn3cncn3)C2)s1. The molecule has 1 unspecified atom stereocenters. The number of hydrogen-bond donors (Lipinski definition) is 1. The van der Waals surface area contributed by atoms with Crippen LogP contribution in [0, 0.1) is 0 Å². The number of rotatable bonds is 4. The van der Waals surface area contributed by atoms with Crippen molar-refractivity contribution in [3.8, 4) is 0 Å². The van der Waals surface area contributed by atoms with Crippen molar-refractivity contribution >= 4 is 16.5 Å². The van der Waals surface area contributed by atoms with E-state index in [1.54, 1.807) is 28.7 Å². The molecule has 19 heavy (non-hydrogen) atoms. The van der Waals surface area contributed by atoms with Crippen LogP contribution < -0.4 is 5.73 Å². The van der Waals surface area contributed by atoms with Crippen molar-refractivity contribution in [1.29, 1.82) is 0 Å². The minimum Gasteiger partial charge on any atom is -0.375 e. The van der Waals surface area contributed by atoms with Gasteiger partial charge in [0.05, 0.1) is 19.3 Å². The fourth-order valence-corrected chi connectivity index (χ4v) is 2.91. The third-order valence-electron chi connectivity index (χ3n) is 3.03. The van der Waals surface area contributed by atoms with E-state index in [1.165, 1.54) is 4.88 Å². The molecule has 0 bridgehead atoms. The summed E-state index contributed by atoms with van der Waals surface area (Å²) in [6.45, 7) is 4.18. The molecule has 3 heterocycles. The molecule has 3 rings (SSSR count). The zero-order chi connectivity index (χ0) is 13.1. The summed E-state index contributed by atoms with van der Waals surface area (Å²) in [6, 6.07) is 0. The van der Waals surface area contributed by atoms with Crippen LogP contribution in [0.5, 0.6) is 0 Å². The number of thiazole rings is 1. The van der Waals surface area contributed by atoms with Gasteiger partial charge >= 0.3 is 0 Å². The highest BCUT2D eigenvalue weighted by molar-refractivity contribution is 7.15. The lowest BCUT2D eigenvalue weighted by atomic mass is 10.2. The summed E-state index contributed by atoms with van der Waals surface area (Å²) < 4.78 is 7.56. The van der Waals surface area contributed by atoms with Gasteiger partial charge in [0, 0.05) is 30.7 Å². The highest BCUT2D eigenvalue weighted by Gasteiger charge is 2.21. The van der Waals surface area contributed by atoms with Crippen LogP contribution >= 0.6 is 11.3 Å². The zero-order valence-electron chi connectivity index (χ0n) is 10.5. The maximum atomic E-state index is 5.76. The van der Waals surface area contributed by atoms with Gasteiger partial charge in [-0.3, -0.25) is 9.58 Å². The zero-order valence-corrected chi connectivity index (χ0v) is 11.3. The van der Waals surface area contributed by atoms with E-state index in [4.69, 9.17) is 10.5 Å². The lowest BCUT2D eigenvalue weighted by molar-refractivity contribution is -0.0400. The molecule has 0 aromatic carbocycles. The maximum absolute atomic E-state index is 5.76. The van der Waals surface area contributed by atoms with E-state index in [0.717, 1.165) is 32.8 Å². The standard InChI is InChI=1S/C11H16N6OS/c12-11-14-3-10(19-11)6-16-1-2-18-9(4-16)5-17-8-13-7-15-17/h3,7-9H,1-2,4-6H2,(H2,12,14). The molecule has 0 spiro atoms. The molecule has 1 saturated heterocycles. The summed E-state index contributed by atoms with van der Waals surface area (Å²) in [7, 11) is 0. The van der Waals surface area contributed by atoms with Gasteiger partial charge in [-0.2, -0.15) is 5.10 Å². The maximum Gasteiger partial charge on any atom is 0.180 e. The fraction of sp³-hybridized carbons (Fsp3) is 0.545. The first-order chi connectivity index (χ1) is 9.29. The van der Waals surface area contributed by atoms with E-state index in [0.29, 0.717) is 5.13 Å². The van der Waals surface area contributed by atoms with Crippen LogP contribution in [0.25, 0.3) is 0 Å². The van der Waals surface area contributed by atoms with Crippen LogP contribution in [0.15, 0.2) is 18.9 Å². The molecule has 2 N–H and O–H groups in total. The number of morpholine rings is 1. The Bertz CT molecular complexity index is 513. The lowest BCUT2D eigenvalue weighted by Crippen LogP contribution is -2.43. The van der Waals surface area contributed by atoms with Crippen LogP contribution in [0.3, 0.4) is 0 Å². The Morgan fingerprint density at radius 3 is 3.21 bits per heavy atom. The van der Waals surface area contributed by atoms with Crippen LogP contribution in [0.4, 0.5) is 5.13 Å². The number of nitrogens with zero attached hydrogens (tertiary/aromatic N) is 5. The Morgan fingerprint density at radius 1 is 1.53 bits per heavy atom. The summed E-state index contributed by atoms with van der Waals surface area (Å²) in [6.07, 6.45) is 5.26. The van der Waals surface area contributed by atoms with Crippen molar-refractivity contribution in [1.82, 2.24) is 24.6 Å². The second-order valence-corrected chi connectivity index (χ2v) is 5.66. The van der Waals surface area contributed by atoms with Gasteiger partial charge in [-0.05, 0) is 0 Å². The fourth-order valence-electron chi connectivity index (χ4n) is 2.19. The lowest BCUT2D eigenvalue weighted by Gasteiger charge is -2.32. The molecular weight excluding hydrogens is 264 g/mol. The van der Waals surface area contributed by atoms with Crippen molar-refractivity contribution < 1.29 is 4.74 Å². The van der Waals surface area contributed by atoms with Gasteiger partial charge in [0.1, 0.15) is 12.7 Å². The van der Waals surface area contributed by atoms with E-state index in [9.17, 15) is 0 Å². The minimum atomic E-state index is 0.153. The first kappa shape index (κ1) is 12.5. The third-order valence-corrected chi connectivity index (χ3v) is 3.84. The van der Waals surface area contributed by atoms with E-state index in [1.807, 2.05) is 6.20 Å². The van der Waals surface area contributed by atoms with Crippen LogP contribution in [-0.4, -0.2) is 50.4 Å². The molecule has 0 amide bonds. The second kappa shape index (κ2) is 5.64. The normalized spacial score (nSPS) is 20.7. The predicted molar refractivity (Wildman–Crippen MR) is 71.6 cm³/mol. The Balaban J connectivity index is 1.55. The number of aromatic nitrogens is 4. The number of ether oxygens (including phenoxy) is 1. The number of nitrogens with two attached hydrogens (primary N) is 1. The molecule has 8 heteroatoms. The summed E-state index contributed by atoms with van der Waals surface area (Å²) in [5, 5.41) is 4.73. The Kier molecular flexibility index (Phi) is 3.72. The van der Waals surface area contributed by atoms with E-state index < -0.39 is 0 Å². The molecule has 0 saturated carbocycles. The summed E-state index contributed by atoms with van der Waals surface area (Å²) in [5.74, 6) is 0. The van der Waals surface area contributed by atoms with E-state index >= 15 is 0 Å². The van der Waals surface area contributed by atoms with Crippen molar-refractivity contribution in [3.63, 3.8) is 0 Å². The molecule has 1 atom stereocenters. The molecule has 102 valence electrons. The molecular formula is C11H16N6OS. The van der Waals surface area contributed by atoms with Gasteiger partial charge in [0.2, 0.25) is 0 Å². The molecule has 1 aliphatic rings. The molecule has 2 aromatic heterocycles. The molecule has 2 aromatic rings. The number of anilines is 1. The predicted octanol–water partition coefficient (Wildman–Crippen LogP) is 0.218. The van der Waals surface area contributed by atoms with Crippen LogP contribution in [-0.2, 0) is 17.8 Å². The molecule has 7 nitrogen and oxygen atoms in total. The van der Waals surface area contributed by atoms with Crippen molar-refractivity contribution in [2.45, 2.75) is 19.2 Å². The largest absolute Gasteiger partial charge is 0.375 e. The Hall–Kier alpha value is -1.51. The molecule has 0 radical (unpaired) electrons. The Labute approximate surface area is 115 Å². The smallest absolute Gasteiger partial charge is 0.180 e. The summed E-state index contributed by atoms with van der Waals surface area (Å²) in [4.78, 5) is 11.6. The third kappa shape index (κ3) is 3.28. The molecule has 1 fully saturated rings. The van der Waals surface area contributed by atoms with E-state index in [-0.39, 0.29) is 6.10 Å². The highest BCUT2D eigenvalue weighted by atomic mass is 32.1. The highest BCUT2D eigenvalue weighted by Crippen LogP contribution is 2.18. The van der Waals surface area contributed by atoms with Crippen molar-refractivity contribution in [2.75, 3.05) is 25.4 Å². The van der Waals surface area contributed by atoms with Crippen molar-refractivity contribution in [2.24, 2.45) is 0 Å². The first-order valence-corrected chi connectivity index (χ1v) is 6.98. The number of hydrogen-bond acceptors (Lipinski definition) is 7. The Morgan fingerprint density at radius 2 is 2.47 bits per heavy atom. The quantitative estimate of drug-likeness (QED) is 0.862. The average Bonchev–Trinajstić information content (AvgIpc) is 3.02. The average molecular weight is 280 g/mol. The van der Waals surface area contributed by atoms with Gasteiger partial charge in [-0.15, -0.1) is 11.3 Å². The van der Waals surface area contributed by atoms with Gasteiger partial charge in [0.15, 0.2) is 5.13 Å². The minimum absolute atomic E-state index is 0.153. The van der Waals surface area contributed by atoms with Crippen LogP contribution in [0.2, 0.25) is 0 Å². The topological polar surface area (TPSA) is 82.1 Å². The van der Waals surface area contributed by atoms with E-state index in [2.05, 4.69) is 20.0 Å². The van der Waals surface area contributed by atoms with Crippen LogP contribution in [0.1, 0.15) is 4.88 Å². The van der Waals surface area contributed by atoms with Crippen molar-refractivity contribution in [3.05, 3.63) is 23.7 Å². The monoisotopic (exact) mass is 280 g/mol. The molecule has 1 aliphatic heterocycles. The summed E-state index contributed by atoms with van der Waals surface area (Å²) >= 11 is 1.54. The van der Waals surface area contributed by atoms with Gasteiger partial charge < -0.3 is 10.5 Å². The van der Waals surface area contributed by atoms with Gasteiger partial charge in [0.25, 0.3) is 0 Å². The number of nitrogen functional groups attached to an aromatic ring is 1. The van der Waals surface area contributed by atoms with Gasteiger partial charge in [-0.1, -0.05) is 0 Å². The molecule has 0 aliphatic carbocycles. The second-order valence-electron chi connectivity index (χ2n) is 4.51.